The SMILES string of the molecule is CCOC(=O)[C@@H](N)Cc1ccc(OP(=O)(OCc2ccccc2)OCc2ccccc2)cc1. The number of hydrogen-bond acceptors (Lipinski definition) is 7. The molecule has 0 spiro atoms. The number of benzene rings is 3. The van der Waals surface area contributed by atoms with Crippen molar-refractivity contribution in [2.24, 2.45) is 5.73 Å². The average molecular weight is 469 g/mol. The smallest absolute Gasteiger partial charge is 0.465 e. The quantitative estimate of drug-likeness (QED) is 0.293. The van der Waals surface area contributed by atoms with Gasteiger partial charge in [-0.3, -0.25) is 13.8 Å². The highest BCUT2D eigenvalue weighted by Gasteiger charge is 2.29. The molecule has 33 heavy (non-hydrogen) atoms. The van der Waals surface area contributed by atoms with Gasteiger partial charge in [0.05, 0.1) is 19.8 Å². The maximum atomic E-state index is 13.4. The van der Waals surface area contributed by atoms with Gasteiger partial charge in [-0.05, 0) is 42.2 Å². The van der Waals surface area contributed by atoms with Crippen LogP contribution in [0, 0.1) is 0 Å². The van der Waals surface area contributed by atoms with Gasteiger partial charge in [0.15, 0.2) is 0 Å². The number of rotatable bonds is 12. The summed E-state index contributed by atoms with van der Waals surface area (Å²) in [7, 11) is -3.94. The Balaban J connectivity index is 1.67. The van der Waals surface area contributed by atoms with Gasteiger partial charge in [0.25, 0.3) is 0 Å². The van der Waals surface area contributed by atoms with Crippen molar-refractivity contribution in [2.45, 2.75) is 32.6 Å². The number of carbonyl (C=O) groups is 1. The summed E-state index contributed by atoms with van der Waals surface area (Å²) in [6.07, 6.45) is 0.311. The molecule has 0 aliphatic carbocycles. The van der Waals surface area contributed by atoms with Gasteiger partial charge in [-0.2, -0.15) is 0 Å². The molecule has 1 atom stereocenters. The van der Waals surface area contributed by atoms with Crippen LogP contribution in [-0.4, -0.2) is 18.6 Å². The van der Waals surface area contributed by atoms with Crippen molar-refractivity contribution in [3.8, 4) is 5.75 Å². The van der Waals surface area contributed by atoms with E-state index in [9.17, 15) is 9.36 Å². The minimum Gasteiger partial charge on any atom is -0.465 e. The third kappa shape index (κ3) is 8.15. The van der Waals surface area contributed by atoms with Gasteiger partial charge in [-0.15, -0.1) is 0 Å². The molecule has 0 radical (unpaired) electrons. The van der Waals surface area contributed by atoms with Crippen molar-refractivity contribution >= 4 is 13.8 Å². The van der Waals surface area contributed by atoms with E-state index in [1.807, 2.05) is 60.7 Å². The molecule has 0 aromatic heterocycles. The first kappa shape index (κ1) is 24.7. The van der Waals surface area contributed by atoms with E-state index in [4.69, 9.17) is 24.0 Å². The van der Waals surface area contributed by atoms with Crippen LogP contribution in [0.2, 0.25) is 0 Å². The second-order valence-electron chi connectivity index (χ2n) is 7.26. The zero-order valence-electron chi connectivity index (χ0n) is 18.5. The van der Waals surface area contributed by atoms with E-state index in [-0.39, 0.29) is 19.8 Å². The van der Waals surface area contributed by atoms with Crippen LogP contribution in [0.5, 0.6) is 5.75 Å². The first-order chi connectivity index (χ1) is 16.0. The molecule has 0 saturated heterocycles. The lowest BCUT2D eigenvalue weighted by Gasteiger charge is -2.19. The van der Waals surface area contributed by atoms with Crippen LogP contribution >= 0.6 is 7.82 Å². The molecule has 2 N–H and O–H groups in total. The lowest BCUT2D eigenvalue weighted by atomic mass is 10.1. The summed E-state index contributed by atoms with van der Waals surface area (Å²) in [6, 6.07) is 24.7. The van der Waals surface area contributed by atoms with E-state index >= 15 is 0 Å². The van der Waals surface area contributed by atoms with Gasteiger partial charge in [-0.25, -0.2) is 4.57 Å². The normalized spacial score (nSPS) is 12.2. The van der Waals surface area contributed by atoms with Crippen LogP contribution in [0.3, 0.4) is 0 Å². The largest absolute Gasteiger partial charge is 0.530 e. The number of nitrogens with two attached hydrogens (primary N) is 1. The highest BCUT2D eigenvalue weighted by molar-refractivity contribution is 7.48. The van der Waals surface area contributed by atoms with Crippen LogP contribution in [0.25, 0.3) is 0 Å². The van der Waals surface area contributed by atoms with Crippen molar-refractivity contribution in [3.05, 3.63) is 102 Å². The summed E-state index contributed by atoms with van der Waals surface area (Å²) in [4.78, 5) is 11.7. The number of hydrogen-bond donors (Lipinski definition) is 1. The summed E-state index contributed by atoms with van der Waals surface area (Å²) < 4.78 is 35.3. The highest BCUT2D eigenvalue weighted by atomic mass is 31.2. The molecule has 3 rings (SSSR count). The Morgan fingerprint density at radius 2 is 1.33 bits per heavy atom. The molecular weight excluding hydrogens is 441 g/mol. The maximum Gasteiger partial charge on any atom is 0.530 e. The van der Waals surface area contributed by atoms with E-state index < -0.39 is 19.8 Å². The molecule has 174 valence electrons. The molecule has 0 fully saturated rings. The van der Waals surface area contributed by atoms with E-state index in [1.165, 1.54) is 0 Å². The Morgan fingerprint density at radius 3 is 1.82 bits per heavy atom. The number of carbonyl (C=O) groups excluding carboxylic acids is 1. The summed E-state index contributed by atoms with van der Waals surface area (Å²) >= 11 is 0. The predicted molar refractivity (Wildman–Crippen MR) is 125 cm³/mol. The maximum absolute atomic E-state index is 13.4. The number of ether oxygens (including phenoxy) is 1. The Labute approximate surface area is 194 Å². The summed E-state index contributed by atoms with van der Waals surface area (Å²) in [5.41, 5.74) is 8.37. The lowest BCUT2D eigenvalue weighted by Crippen LogP contribution is -2.34. The number of phosphoric acid groups is 1. The molecule has 3 aromatic carbocycles. The molecule has 0 aliphatic heterocycles. The predicted octanol–water partition coefficient (Wildman–Crippen LogP) is 5.04. The molecule has 0 unspecified atom stereocenters. The first-order valence-corrected chi connectivity index (χ1v) is 12.1. The van der Waals surface area contributed by atoms with Crippen LogP contribution < -0.4 is 10.3 Å². The number of phosphoric ester groups is 1. The van der Waals surface area contributed by atoms with Crippen LogP contribution in [-0.2, 0) is 42.8 Å². The summed E-state index contributed by atoms with van der Waals surface area (Å²) in [5, 5.41) is 0. The minimum atomic E-state index is -3.94. The standard InChI is InChI=1S/C25H28NO6P/c1-2-29-25(27)24(26)17-20-13-15-23(16-14-20)32-33(28,30-18-21-9-5-3-6-10-21)31-19-22-11-7-4-8-12-22/h3-16,24H,2,17-19,26H2,1H3/t24-/m0/s1. The topological polar surface area (TPSA) is 97.1 Å². The van der Waals surface area contributed by atoms with Gasteiger partial charge in [0.2, 0.25) is 0 Å². The summed E-state index contributed by atoms with van der Waals surface area (Å²) in [5.74, 6) is -0.140. The molecular formula is C25H28NO6P. The van der Waals surface area contributed by atoms with Crippen molar-refractivity contribution in [2.75, 3.05) is 6.61 Å². The zero-order chi connectivity index (χ0) is 23.5. The molecule has 7 nitrogen and oxygen atoms in total. The van der Waals surface area contributed by atoms with Crippen LogP contribution in [0.1, 0.15) is 23.6 Å². The van der Waals surface area contributed by atoms with Gasteiger partial charge in [-0.1, -0.05) is 72.8 Å². The first-order valence-electron chi connectivity index (χ1n) is 10.6. The van der Waals surface area contributed by atoms with Gasteiger partial charge >= 0.3 is 13.8 Å². The van der Waals surface area contributed by atoms with Crippen molar-refractivity contribution in [3.63, 3.8) is 0 Å². The minimum absolute atomic E-state index is 0.0688. The van der Waals surface area contributed by atoms with Crippen molar-refractivity contribution in [1.82, 2.24) is 0 Å². The lowest BCUT2D eigenvalue weighted by molar-refractivity contribution is -0.144. The Kier molecular flexibility index (Phi) is 9.22. The summed E-state index contributed by atoms with van der Waals surface area (Å²) in [6.45, 7) is 2.15. The van der Waals surface area contributed by atoms with Gasteiger partial charge < -0.3 is 15.0 Å². The fourth-order valence-corrected chi connectivity index (χ4v) is 4.12. The Hall–Kier alpha value is -2.96. The molecule has 0 heterocycles. The van der Waals surface area contributed by atoms with E-state index in [0.717, 1.165) is 16.7 Å². The fraction of sp³-hybridized carbons (Fsp3) is 0.240. The molecule has 8 heteroatoms. The number of esters is 1. The van der Waals surface area contributed by atoms with E-state index in [2.05, 4.69) is 0 Å². The molecule has 0 amide bonds. The van der Waals surface area contributed by atoms with Crippen LogP contribution in [0.4, 0.5) is 0 Å². The Morgan fingerprint density at radius 1 is 0.818 bits per heavy atom. The fourth-order valence-electron chi connectivity index (χ4n) is 2.95. The van der Waals surface area contributed by atoms with E-state index in [1.54, 1.807) is 31.2 Å². The molecule has 0 bridgehead atoms. The third-order valence-electron chi connectivity index (χ3n) is 4.65. The Bertz CT molecular complexity index is 996. The second-order valence-corrected chi connectivity index (χ2v) is 8.86. The van der Waals surface area contributed by atoms with Gasteiger partial charge in [0.1, 0.15) is 11.8 Å². The zero-order valence-corrected chi connectivity index (χ0v) is 19.4. The molecule has 3 aromatic rings. The van der Waals surface area contributed by atoms with Crippen LogP contribution in [0.15, 0.2) is 84.9 Å². The average Bonchev–Trinajstić information content (AvgIpc) is 2.84. The van der Waals surface area contributed by atoms with Crippen molar-refractivity contribution in [1.29, 1.82) is 0 Å². The molecule has 0 aliphatic rings. The van der Waals surface area contributed by atoms with Gasteiger partial charge in [0, 0.05) is 0 Å². The second kappa shape index (κ2) is 12.3. The third-order valence-corrected chi connectivity index (χ3v) is 5.97. The molecule has 0 saturated carbocycles. The highest BCUT2D eigenvalue weighted by Crippen LogP contribution is 2.51. The monoisotopic (exact) mass is 469 g/mol. The van der Waals surface area contributed by atoms with Crippen molar-refractivity contribution < 1.29 is 27.7 Å². The van der Waals surface area contributed by atoms with E-state index in [0.29, 0.717) is 12.2 Å².